The highest BCUT2D eigenvalue weighted by atomic mass is 19.1. The van der Waals surface area contributed by atoms with Crippen LogP contribution >= 0.6 is 0 Å². The van der Waals surface area contributed by atoms with Gasteiger partial charge in [0, 0.05) is 6.54 Å². The first-order valence-corrected chi connectivity index (χ1v) is 6.56. The molecule has 1 N–H and O–H groups in total. The zero-order chi connectivity index (χ0) is 14.3. The topological polar surface area (TPSA) is 38.0 Å². The first kappa shape index (κ1) is 12.7. The number of fused-ring (bicyclic) bond motifs is 1. The molecular weight excluding hydrogens is 255 g/mol. The number of aromatic nitrogens is 2. The standard InChI is InChI=1S/C16H15FN2O/c1-3-19-14-6-4-10(2)8-13(14)18-16(19)12-9-11(17)5-7-15(12)20/h4-9,20H,3H2,1-2H3. The molecule has 0 atom stereocenters. The van der Waals surface area contributed by atoms with Crippen LogP contribution in [0.15, 0.2) is 36.4 Å². The van der Waals surface area contributed by atoms with E-state index < -0.39 is 0 Å². The van der Waals surface area contributed by atoms with Gasteiger partial charge < -0.3 is 9.67 Å². The zero-order valence-electron chi connectivity index (χ0n) is 11.4. The fourth-order valence-electron chi connectivity index (χ4n) is 2.45. The molecule has 0 radical (unpaired) electrons. The molecule has 0 saturated carbocycles. The monoisotopic (exact) mass is 270 g/mol. The maximum Gasteiger partial charge on any atom is 0.144 e. The maximum absolute atomic E-state index is 13.4. The Hall–Kier alpha value is -2.36. The zero-order valence-corrected chi connectivity index (χ0v) is 11.4. The minimum atomic E-state index is -0.385. The second-order valence-corrected chi connectivity index (χ2v) is 4.83. The summed E-state index contributed by atoms with van der Waals surface area (Å²) in [5, 5.41) is 9.97. The Morgan fingerprint density at radius 3 is 2.75 bits per heavy atom. The highest BCUT2D eigenvalue weighted by Gasteiger charge is 2.15. The summed E-state index contributed by atoms with van der Waals surface area (Å²) in [6.45, 7) is 4.70. The van der Waals surface area contributed by atoms with Crippen molar-refractivity contribution in [3.63, 3.8) is 0 Å². The van der Waals surface area contributed by atoms with E-state index in [0.29, 0.717) is 17.9 Å². The summed E-state index contributed by atoms with van der Waals surface area (Å²) < 4.78 is 15.4. The molecule has 3 rings (SSSR count). The molecule has 0 aliphatic heterocycles. The fraction of sp³-hybridized carbons (Fsp3) is 0.188. The molecule has 0 unspecified atom stereocenters. The van der Waals surface area contributed by atoms with E-state index in [1.807, 2.05) is 36.6 Å². The average Bonchev–Trinajstić information content (AvgIpc) is 2.78. The molecule has 20 heavy (non-hydrogen) atoms. The number of halogens is 1. The Balaban J connectivity index is 2.32. The van der Waals surface area contributed by atoms with Gasteiger partial charge in [-0.05, 0) is 49.7 Å². The molecule has 0 fully saturated rings. The van der Waals surface area contributed by atoms with Crippen molar-refractivity contribution in [1.29, 1.82) is 0 Å². The maximum atomic E-state index is 13.4. The second-order valence-electron chi connectivity index (χ2n) is 4.83. The molecule has 3 aromatic rings. The molecule has 0 spiro atoms. The quantitative estimate of drug-likeness (QED) is 0.767. The number of aromatic hydroxyl groups is 1. The van der Waals surface area contributed by atoms with Crippen LogP contribution in [0.2, 0.25) is 0 Å². The van der Waals surface area contributed by atoms with Crippen molar-refractivity contribution in [3.05, 3.63) is 47.8 Å². The molecule has 102 valence electrons. The van der Waals surface area contributed by atoms with Crippen LogP contribution in [-0.2, 0) is 6.54 Å². The van der Waals surface area contributed by atoms with Crippen LogP contribution in [0.5, 0.6) is 5.75 Å². The van der Waals surface area contributed by atoms with Gasteiger partial charge in [0.1, 0.15) is 17.4 Å². The molecule has 4 heteroatoms. The summed E-state index contributed by atoms with van der Waals surface area (Å²) in [6.07, 6.45) is 0. The molecule has 2 aromatic carbocycles. The van der Waals surface area contributed by atoms with E-state index in [1.54, 1.807) is 0 Å². The number of benzene rings is 2. The number of hydrogen-bond donors (Lipinski definition) is 1. The van der Waals surface area contributed by atoms with Crippen LogP contribution in [0.25, 0.3) is 22.4 Å². The van der Waals surface area contributed by atoms with E-state index in [0.717, 1.165) is 16.6 Å². The van der Waals surface area contributed by atoms with Gasteiger partial charge >= 0.3 is 0 Å². The van der Waals surface area contributed by atoms with Crippen LogP contribution in [0, 0.1) is 12.7 Å². The van der Waals surface area contributed by atoms with Crippen LogP contribution in [0.3, 0.4) is 0 Å². The van der Waals surface area contributed by atoms with Crippen LogP contribution in [0.1, 0.15) is 12.5 Å². The van der Waals surface area contributed by atoms with Crippen molar-refractivity contribution < 1.29 is 9.50 Å². The molecule has 1 aromatic heterocycles. The van der Waals surface area contributed by atoms with E-state index in [1.165, 1.54) is 18.2 Å². The first-order chi connectivity index (χ1) is 9.60. The number of phenols is 1. The average molecular weight is 270 g/mol. The summed E-state index contributed by atoms with van der Waals surface area (Å²) in [6, 6.07) is 9.92. The Labute approximate surface area is 116 Å². The minimum Gasteiger partial charge on any atom is -0.507 e. The molecular formula is C16H15FN2O. The Bertz CT molecular complexity index is 793. The molecule has 3 nitrogen and oxygen atoms in total. The third-order valence-electron chi connectivity index (χ3n) is 3.42. The lowest BCUT2D eigenvalue weighted by atomic mass is 10.2. The SMILES string of the molecule is CCn1c(-c2cc(F)ccc2O)nc2cc(C)ccc21. The third kappa shape index (κ3) is 1.93. The molecule has 0 saturated heterocycles. The van der Waals surface area contributed by atoms with Gasteiger partial charge in [0.2, 0.25) is 0 Å². The van der Waals surface area contributed by atoms with Gasteiger partial charge in [0.15, 0.2) is 0 Å². The number of phenolic OH excluding ortho intramolecular Hbond substituents is 1. The van der Waals surface area contributed by atoms with E-state index in [-0.39, 0.29) is 11.6 Å². The third-order valence-corrected chi connectivity index (χ3v) is 3.42. The smallest absolute Gasteiger partial charge is 0.144 e. The lowest BCUT2D eigenvalue weighted by Gasteiger charge is -2.07. The number of rotatable bonds is 2. The van der Waals surface area contributed by atoms with Crippen molar-refractivity contribution in [1.82, 2.24) is 9.55 Å². The number of hydrogen-bond acceptors (Lipinski definition) is 2. The summed E-state index contributed by atoms with van der Waals surface area (Å²) >= 11 is 0. The summed E-state index contributed by atoms with van der Waals surface area (Å²) in [5.41, 5.74) is 3.37. The highest BCUT2D eigenvalue weighted by molar-refractivity contribution is 5.82. The largest absolute Gasteiger partial charge is 0.507 e. The summed E-state index contributed by atoms with van der Waals surface area (Å²) in [4.78, 5) is 4.55. The number of aryl methyl sites for hydroxylation is 2. The van der Waals surface area contributed by atoms with Gasteiger partial charge in [-0.25, -0.2) is 9.37 Å². The molecule has 0 aliphatic rings. The van der Waals surface area contributed by atoms with Crippen LogP contribution in [0.4, 0.5) is 4.39 Å². The molecule has 0 amide bonds. The highest BCUT2D eigenvalue weighted by Crippen LogP contribution is 2.32. The van der Waals surface area contributed by atoms with E-state index >= 15 is 0 Å². The van der Waals surface area contributed by atoms with Gasteiger partial charge in [-0.3, -0.25) is 0 Å². The predicted octanol–water partition coefficient (Wildman–Crippen LogP) is 3.88. The fourth-order valence-corrected chi connectivity index (χ4v) is 2.45. The van der Waals surface area contributed by atoms with Gasteiger partial charge in [0.05, 0.1) is 16.6 Å². The van der Waals surface area contributed by atoms with Gasteiger partial charge in [-0.1, -0.05) is 6.07 Å². The van der Waals surface area contributed by atoms with Crippen molar-refractivity contribution in [2.75, 3.05) is 0 Å². The number of imidazole rings is 1. The van der Waals surface area contributed by atoms with Gasteiger partial charge in [0.25, 0.3) is 0 Å². The van der Waals surface area contributed by atoms with Gasteiger partial charge in [-0.15, -0.1) is 0 Å². The normalized spacial score (nSPS) is 11.2. The first-order valence-electron chi connectivity index (χ1n) is 6.56. The molecule has 0 aliphatic carbocycles. The number of nitrogens with zero attached hydrogens (tertiary/aromatic N) is 2. The lowest BCUT2D eigenvalue weighted by molar-refractivity contribution is 0.474. The molecule has 0 bridgehead atoms. The van der Waals surface area contributed by atoms with Crippen LogP contribution in [-0.4, -0.2) is 14.7 Å². The minimum absolute atomic E-state index is 0.0353. The van der Waals surface area contributed by atoms with E-state index in [2.05, 4.69) is 4.98 Å². The Kier molecular flexibility index (Phi) is 2.93. The Morgan fingerprint density at radius 2 is 2.00 bits per heavy atom. The second kappa shape index (κ2) is 4.63. The molecule has 1 heterocycles. The van der Waals surface area contributed by atoms with Crippen molar-refractivity contribution in [2.45, 2.75) is 20.4 Å². The van der Waals surface area contributed by atoms with Gasteiger partial charge in [-0.2, -0.15) is 0 Å². The summed E-state index contributed by atoms with van der Waals surface area (Å²) in [5.74, 6) is 0.238. The lowest BCUT2D eigenvalue weighted by Crippen LogP contribution is -1.98. The summed E-state index contributed by atoms with van der Waals surface area (Å²) in [7, 11) is 0. The van der Waals surface area contributed by atoms with Crippen LogP contribution < -0.4 is 0 Å². The van der Waals surface area contributed by atoms with Crippen molar-refractivity contribution in [2.24, 2.45) is 0 Å². The predicted molar refractivity (Wildman–Crippen MR) is 77.2 cm³/mol. The van der Waals surface area contributed by atoms with Crippen molar-refractivity contribution in [3.8, 4) is 17.1 Å². The van der Waals surface area contributed by atoms with Crippen molar-refractivity contribution >= 4 is 11.0 Å². The van der Waals surface area contributed by atoms with E-state index in [4.69, 9.17) is 0 Å². The Morgan fingerprint density at radius 1 is 1.20 bits per heavy atom. The van der Waals surface area contributed by atoms with E-state index in [9.17, 15) is 9.50 Å².